The molecule has 2 aromatic heterocycles. The minimum absolute atomic E-state index is 0.475. The normalized spacial score (nSPS) is 19.6. The number of pyridine rings is 1. The Bertz CT molecular complexity index is 954. The number of hydrogen-bond acceptors (Lipinski definition) is 7. The predicted molar refractivity (Wildman–Crippen MR) is 122 cm³/mol. The topological polar surface area (TPSA) is 69.2 Å². The standard InChI is InChI=1S/C23H29N7/c1-16-13-18-14-26-23(28-22(18)30(17(16)2)20-5-3-4-6-20)27-19-7-8-21(25-15-19)29-11-9-24-10-12-29/h7-8,13-15,20,24H,2-6,9-12H2,1H3,(H,26,27,28). The summed E-state index contributed by atoms with van der Waals surface area (Å²) >= 11 is 0. The number of rotatable bonds is 4. The number of nitrogens with zero attached hydrogens (tertiary/aromatic N) is 5. The second kappa shape index (κ2) is 8.07. The first kappa shape index (κ1) is 19.1. The average molecular weight is 404 g/mol. The van der Waals surface area contributed by atoms with Crippen LogP contribution in [0.25, 0.3) is 6.08 Å². The predicted octanol–water partition coefficient (Wildman–Crippen LogP) is 3.70. The van der Waals surface area contributed by atoms with Crippen molar-refractivity contribution < 1.29 is 0 Å². The van der Waals surface area contributed by atoms with Crippen molar-refractivity contribution in [1.82, 2.24) is 20.3 Å². The largest absolute Gasteiger partial charge is 0.354 e. The zero-order chi connectivity index (χ0) is 20.5. The molecule has 7 heteroatoms. The molecule has 0 aromatic carbocycles. The maximum Gasteiger partial charge on any atom is 0.229 e. The first-order valence-corrected chi connectivity index (χ1v) is 10.9. The molecule has 2 N–H and O–H groups in total. The molecule has 2 fully saturated rings. The zero-order valence-corrected chi connectivity index (χ0v) is 17.6. The Morgan fingerprint density at radius 1 is 1.10 bits per heavy atom. The van der Waals surface area contributed by atoms with Gasteiger partial charge in [-0.1, -0.05) is 19.4 Å². The van der Waals surface area contributed by atoms with Crippen LogP contribution in [0.3, 0.4) is 0 Å². The molecule has 0 amide bonds. The number of nitrogens with one attached hydrogen (secondary N) is 2. The molecule has 1 aliphatic carbocycles. The number of anilines is 4. The highest BCUT2D eigenvalue weighted by molar-refractivity contribution is 5.77. The molecule has 0 radical (unpaired) electrons. The lowest BCUT2D eigenvalue weighted by molar-refractivity contribution is 0.585. The molecule has 7 nitrogen and oxygen atoms in total. The molecular formula is C23H29N7. The Kier molecular flexibility index (Phi) is 5.12. The highest BCUT2D eigenvalue weighted by Gasteiger charge is 2.30. The number of allylic oxidation sites excluding steroid dienone is 1. The third kappa shape index (κ3) is 3.65. The number of fused-ring (bicyclic) bond motifs is 1. The van der Waals surface area contributed by atoms with Gasteiger partial charge in [0.1, 0.15) is 11.6 Å². The molecule has 0 atom stereocenters. The van der Waals surface area contributed by atoms with Crippen LogP contribution in [-0.4, -0.2) is 47.2 Å². The van der Waals surface area contributed by atoms with E-state index in [1.54, 1.807) is 0 Å². The molecule has 3 aliphatic rings. The van der Waals surface area contributed by atoms with E-state index in [-0.39, 0.29) is 0 Å². The van der Waals surface area contributed by atoms with E-state index in [1.807, 2.05) is 18.5 Å². The van der Waals surface area contributed by atoms with Crippen LogP contribution >= 0.6 is 0 Å². The van der Waals surface area contributed by atoms with E-state index in [0.717, 1.165) is 54.8 Å². The van der Waals surface area contributed by atoms with E-state index in [0.29, 0.717) is 12.0 Å². The molecule has 1 saturated heterocycles. The van der Waals surface area contributed by atoms with Crippen molar-refractivity contribution in [3.05, 3.63) is 47.9 Å². The van der Waals surface area contributed by atoms with E-state index < -0.39 is 0 Å². The monoisotopic (exact) mass is 403 g/mol. The summed E-state index contributed by atoms with van der Waals surface area (Å²) in [5.41, 5.74) is 4.19. The summed E-state index contributed by atoms with van der Waals surface area (Å²) in [6.07, 6.45) is 10.8. The van der Waals surface area contributed by atoms with Crippen molar-refractivity contribution in [3.8, 4) is 0 Å². The molecule has 30 heavy (non-hydrogen) atoms. The van der Waals surface area contributed by atoms with Gasteiger partial charge < -0.3 is 20.4 Å². The Balaban J connectivity index is 1.38. The van der Waals surface area contributed by atoms with Crippen LogP contribution in [0.15, 0.2) is 42.4 Å². The van der Waals surface area contributed by atoms with E-state index >= 15 is 0 Å². The van der Waals surface area contributed by atoms with Crippen LogP contribution in [0.2, 0.25) is 0 Å². The van der Waals surface area contributed by atoms with Crippen LogP contribution in [0.5, 0.6) is 0 Å². The van der Waals surface area contributed by atoms with Gasteiger partial charge in [0.15, 0.2) is 0 Å². The number of hydrogen-bond donors (Lipinski definition) is 2. The zero-order valence-electron chi connectivity index (χ0n) is 17.6. The van der Waals surface area contributed by atoms with Crippen LogP contribution in [0.1, 0.15) is 38.2 Å². The Morgan fingerprint density at radius 3 is 2.63 bits per heavy atom. The van der Waals surface area contributed by atoms with Crippen molar-refractivity contribution in [1.29, 1.82) is 0 Å². The van der Waals surface area contributed by atoms with Crippen LogP contribution in [0.4, 0.5) is 23.3 Å². The number of piperazine rings is 1. The molecule has 2 aliphatic heterocycles. The first-order valence-electron chi connectivity index (χ1n) is 10.9. The lowest BCUT2D eigenvalue weighted by Crippen LogP contribution is -2.43. The van der Waals surface area contributed by atoms with E-state index in [2.05, 4.69) is 56.0 Å². The summed E-state index contributed by atoms with van der Waals surface area (Å²) in [7, 11) is 0. The molecule has 0 bridgehead atoms. The lowest BCUT2D eigenvalue weighted by atomic mass is 10.0. The van der Waals surface area contributed by atoms with Gasteiger partial charge in [-0.15, -0.1) is 0 Å². The SMILES string of the molecule is C=C1C(C)=Cc2cnc(Nc3ccc(N4CCNCC4)nc3)nc2N1C1CCCC1. The summed E-state index contributed by atoms with van der Waals surface area (Å²) in [5, 5.41) is 6.70. The van der Waals surface area contributed by atoms with Gasteiger partial charge in [-0.2, -0.15) is 4.98 Å². The fourth-order valence-electron chi connectivity index (χ4n) is 4.60. The fourth-order valence-corrected chi connectivity index (χ4v) is 4.60. The second-order valence-corrected chi connectivity index (χ2v) is 8.32. The Labute approximate surface area is 177 Å². The van der Waals surface area contributed by atoms with Crippen molar-refractivity contribution in [2.24, 2.45) is 0 Å². The maximum absolute atomic E-state index is 4.88. The van der Waals surface area contributed by atoms with Gasteiger partial charge in [0, 0.05) is 49.7 Å². The molecule has 0 unspecified atom stereocenters. The molecular weight excluding hydrogens is 374 g/mol. The molecule has 156 valence electrons. The van der Waals surface area contributed by atoms with Gasteiger partial charge in [0.05, 0.1) is 11.9 Å². The van der Waals surface area contributed by atoms with Crippen molar-refractivity contribution in [2.75, 3.05) is 41.3 Å². The molecule has 4 heterocycles. The van der Waals surface area contributed by atoms with Gasteiger partial charge in [-0.05, 0) is 43.5 Å². The molecule has 2 aromatic rings. The maximum atomic E-state index is 4.88. The fraction of sp³-hybridized carbons (Fsp3) is 0.435. The van der Waals surface area contributed by atoms with Gasteiger partial charge in [0.25, 0.3) is 0 Å². The average Bonchev–Trinajstić information content (AvgIpc) is 3.30. The third-order valence-electron chi connectivity index (χ3n) is 6.28. The second-order valence-electron chi connectivity index (χ2n) is 8.32. The molecule has 5 rings (SSSR count). The van der Waals surface area contributed by atoms with Gasteiger partial charge in [-0.3, -0.25) is 0 Å². The van der Waals surface area contributed by atoms with Crippen molar-refractivity contribution in [2.45, 2.75) is 38.6 Å². The van der Waals surface area contributed by atoms with E-state index in [1.165, 1.54) is 31.3 Å². The van der Waals surface area contributed by atoms with E-state index in [4.69, 9.17) is 4.98 Å². The summed E-state index contributed by atoms with van der Waals surface area (Å²) in [6.45, 7) is 10.4. The minimum Gasteiger partial charge on any atom is -0.354 e. The van der Waals surface area contributed by atoms with Crippen LogP contribution in [-0.2, 0) is 0 Å². The highest BCUT2D eigenvalue weighted by Crippen LogP contribution is 2.38. The lowest BCUT2D eigenvalue weighted by Gasteiger charge is -2.36. The van der Waals surface area contributed by atoms with Gasteiger partial charge in [-0.25, -0.2) is 9.97 Å². The van der Waals surface area contributed by atoms with Crippen molar-refractivity contribution >= 4 is 29.3 Å². The van der Waals surface area contributed by atoms with Crippen molar-refractivity contribution in [3.63, 3.8) is 0 Å². The summed E-state index contributed by atoms with van der Waals surface area (Å²) < 4.78 is 0. The summed E-state index contributed by atoms with van der Waals surface area (Å²) in [4.78, 5) is 18.7. The minimum atomic E-state index is 0.475. The Hall–Kier alpha value is -2.93. The van der Waals surface area contributed by atoms with Crippen LogP contribution < -0.4 is 20.4 Å². The highest BCUT2D eigenvalue weighted by atomic mass is 15.3. The van der Waals surface area contributed by atoms with Gasteiger partial charge >= 0.3 is 0 Å². The quantitative estimate of drug-likeness (QED) is 0.807. The smallest absolute Gasteiger partial charge is 0.229 e. The number of aromatic nitrogens is 3. The first-order chi connectivity index (χ1) is 14.7. The molecule has 0 spiro atoms. The summed E-state index contributed by atoms with van der Waals surface area (Å²) in [6, 6.07) is 4.58. The van der Waals surface area contributed by atoms with Gasteiger partial charge in [0.2, 0.25) is 5.95 Å². The third-order valence-corrected chi connectivity index (χ3v) is 6.28. The Morgan fingerprint density at radius 2 is 1.90 bits per heavy atom. The van der Waals surface area contributed by atoms with E-state index in [9.17, 15) is 0 Å². The summed E-state index contributed by atoms with van der Waals surface area (Å²) in [5.74, 6) is 2.56. The van der Waals surface area contributed by atoms with Crippen LogP contribution in [0, 0.1) is 0 Å². The molecule has 1 saturated carbocycles.